The molecule has 0 spiro atoms. The molecule has 0 aliphatic heterocycles. The zero-order chi connectivity index (χ0) is 20.4. The van der Waals surface area contributed by atoms with Crippen molar-refractivity contribution in [2.45, 2.75) is 13.8 Å². The van der Waals surface area contributed by atoms with Gasteiger partial charge in [-0.15, -0.1) is 11.3 Å². The first-order chi connectivity index (χ1) is 13.3. The molecule has 2 aromatic carbocycles. The predicted molar refractivity (Wildman–Crippen MR) is 112 cm³/mol. The molecule has 0 saturated carbocycles. The fourth-order valence-electron chi connectivity index (χ4n) is 2.91. The predicted octanol–water partition coefficient (Wildman–Crippen LogP) is 4.65. The number of carbonyl (C=O) groups excluding carboxylic acids is 1. The minimum Gasteiger partial charge on any atom is -0.372 e. The number of benzene rings is 2. The fraction of sp³-hybridized carbons (Fsp3) is 0.200. The van der Waals surface area contributed by atoms with Crippen LogP contribution in [0.1, 0.15) is 21.5 Å². The van der Waals surface area contributed by atoms with Crippen LogP contribution in [0, 0.1) is 24.0 Å². The van der Waals surface area contributed by atoms with Crippen LogP contribution in [-0.2, 0) is 0 Å². The van der Waals surface area contributed by atoms with Gasteiger partial charge in [0.2, 0.25) is 0 Å². The van der Waals surface area contributed by atoms with Gasteiger partial charge < -0.3 is 4.90 Å². The van der Waals surface area contributed by atoms with Crippen LogP contribution in [0.4, 0.5) is 16.5 Å². The molecule has 0 unspecified atom stereocenters. The summed E-state index contributed by atoms with van der Waals surface area (Å²) in [5.41, 5.74) is 4.60. The van der Waals surface area contributed by atoms with Crippen LogP contribution in [-0.4, -0.2) is 29.9 Å². The average Bonchev–Trinajstić information content (AvgIpc) is 3.09. The van der Waals surface area contributed by atoms with E-state index in [2.05, 4.69) is 16.4 Å². The number of aryl methyl sites for hydroxylation is 2. The number of hydrogen-bond donors (Lipinski definition) is 1. The summed E-state index contributed by atoms with van der Waals surface area (Å²) in [5, 5.41) is 16.4. The quantitative estimate of drug-likeness (QED) is 0.501. The minimum atomic E-state index is -0.492. The van der Waals surface area contributed by atoms with Crippen LogP contribution in [0.2, 0.25) is 0 Å². The van der Waals surface area contributed by atoms with Crippen molar-refractivity contribution in [1.82, 2.24) is 4.98 Å². The van der Waals surface area contributed by atoms with Gasteiger partial charge >= 0.3 is 0 Å². The van der Waals surface area contributed by atoms with E-state index in [1.54, 1.807) is 31.1 Å². The van der Waals surface area contributed by atoms with Gasteiger partial charge in [0, 0.05) is 36.7 Å². The summed E-state index contributed by atoms with van der Waals surface area (Å²) in [6, 6.07) is 10.5. The van der Waals surface area contributed by atoms with E-state index in [-0.39, 0.29) is 11.3 Å². The van der Waals surface area contributed by atoms with Gasteiger partial charge in [0.1, 0.15) is 5.69 Å². The van der Waals surface area contributed by atoms with Gasteiger partial charge in [0.15, 0.2) is 5.13 Å². The molecule has 1 aromatic heterocycles. The Hall–Kier alpha value is -3.26. The number of anilines is 2. The number of hydrogen-bond acceptors (Lipinski definition) is 6. The van der Waals surface area contributed by atoms with Gasteiger partial charge in [0.25, 0.3) is 11.6 Å². The Morgan fingerprint density at radius 2 is 1.93 bits per heavy atom. The molecule has 0 aliphatic carbocycles. The van der Waals surface area contributed by atoms with Gasteiger partial charge in [-0.2, -0.15) is 0 Å². The standard InChI is InChI=1S/C20H20N4O3S/c1-12-5-7-15(13(2)9-12)16-11-28-20(21-16)22-19(25)14-6-8-17(23(3)4)18(10-14)24(26)27/h5-11H,1-4H3,(H,21,22,25). The number of thiazole rings is 1. The highest BCUT2D eigenvalue weighted by atomic mass is 32.1. The van der Waals surface area contributed by atoms with E-state index in [4.69, 9.17) is 0 Å². The number of nitro groups is 1. The Kier molecular flexibility index (Phi) is 5.41. The normalized spacial score (nSPS) is 10.6. The SMILES string of the molecule is Cc1ccc(-c2csc(NC(=O)c3ccc(N(C)C)c([N+](=O)[O-])c3)n2)c(C)c1. The molecule has 1 N–H and O–H groups in total. The van der Waals surface area contributed by atoms with Crippen molar-refractivity contribution >= 4 is 33.8 Å². The van der Waals surface area contributed by atoms with Gasteiger partial charge in [-0.3, -0.25) is 20.2 Å². The third-order valence-electron chi connectivity index (χ3n) is 4.30. The van der Waals surface area contributed by atoms with Crippen molar-refractivity contribution in [1.29, 1.82) is 0 Å². The van der Waals surface area contributed by atoms with Crippen LogP contribution >= 0.6 is 11.3 Å². The molecule has 0 aliphatic rings. The van der Waals surface area contributed by atoms with Gasteiger partial charge in [-0.25, -0.2) is 4.98 Å². The number of aromatic nitrogens is 1. The highest BCUT2D eigenvalue weighted by molar-refractivity contribution is 7.14. The maximum atomic E-state index is 12.5. The minimum absolute atomic E-state index is 0.118. The van der Waals surface area contributed by atoms with Crippen molar-refractivity contribution in [3.8, 4) is 11.3 Å². The summed E-state index contributed by atoms with van der Waals surface area (Å²) < 4.78 is 0. The lowest BCUT2D eigenvalue weighted by molar-refractivity contribution is -0.384. The Morgan fingerprint density at radius 1 is 1.18 bits per heavy atom. The van der Waals surface area contributed by atoms with Crippen molar-refractivity contribution in [2.75, 3.05) is 24.3 Å². The molecule has 0 fully saturated rings. The molecule has 7 nitrogen and oxygen atoms in total. The van der Waals surface area contributed by atoms with Crippen LogP contribution in [0.25, 0.3) is 11.3 Å². The number of rotatable bonds is 5. The second kappa shape index (κ2) is 7.77. The third-order valence-corrected chi connectivity index (χ3v) is 5.06. The van der Waals surface area contributed by atoms with Gasteiger partial charge in [-0.1, -0.05) is 23.8 Å². The third kappa shape index (κ3) is 4.01. The summed E-state index contributed by atoms with van der Waals surface area (Å²) in [6.45, 7) is 4.05. The van der Waals surface area contributed by atoms with E-state index >= 15 is 0 Å². The molecule has 3 rings (SSSR count). The van der Waals surface area contributed by atoms with Crippen molar-refractivity contribution in [3.63, 3.8) is 0 Å². The summed E-state index contributed by atoms with van der Waals surface area (Å²) >= 11 is 1.31. The van der Waals surface area contributed by atoms with E-state index in [1.165, 1.54) is 23.0 Å². The monoisotopic (exact) mass is 396 g/mol. The summed E-state index contributed by atoms with van der Waals surface area (Å²) in [7, 11) is 3.43. The highest BCUT2D eigenvalue weighted by Crippen LogP contribution is 2.30. The second-order valence-electron chi connectivity index (χ2n) is 6.67. The molecular formula is C20H20N4O3S. The van der Waals surface area contributed by atoms with Crippen molar-refractivity contribution in [3.05, 3.63) is 68.6 Å². The van der Waals surface area contributed by atoms with E-state index in [1.807, 2.05) is 31.4 Å². The van der Waals surface area contributed by atoms with Gasteiger partial charge in [0.05, 0.1) is 10.6 Å². The van der Waals surface area contributed by atoms with Crippen molar-refractivity contribution < 1.29 is 9.72 Å². The molecule has 0 saturated heterocycles. The van der Waals surface area contributed by atoms with Crippen LogP contribution in [0.5, 0.6) is 0 Å². The van der Waals surface area contributed by atoms with Crippen molar-refractivity contribution in [2.24, 2.45) is 0 Å². The van der Waals surface area contributed by atoms with Crippen LogP contribution in [0.15, 0.2) is 41.8 Å². The first-order valence-electron chi connectivity index (χ1n) is 8.56. The molecule has 0 radical (unpaired) electrons. The Morgan fingerprint density at radius 3 is 2.57 bits per heavy atom. The Bertz CT molecular complexity index is 1060. The topological polar surface area (TPSA) is 88.4 Å². The van der Waals surface area contributed by atoms with E-state index in [0.717, 1.165) is 16.8 Å². The highest BCUT2D eigenvalue weighted by Gasteiger charge is 2.19. The lowest BCUT2D eigenvalue weighted by Crippen LogP contribution is -2.14. The molecule has 3 aromatic rings. The number of nitrogens with one attached hydrogen (secondary N) is 1. The lowest BCUT2D eigenvalue weighted by atomic mass is 10.0. The van der Waals surface area contributed by atoms with Crippen LogP contribution in [0.3, 0.4) is 0 Å². The van der Waals surface area contributed by atoms with E-state index in [0.29, 0.717) is 10.8 Å². The number of nitrogens with zero attached hydrogens (tertiary/aromatic N) is 3. The summed E-state index contributed by atoms with van der Waals surface area (Å²) in [6.07, 6.45) is 0. The molecule has 1 amide bonds. The van der Waals surface area contributed by atoms with E-state index < -0.39 is 10.8 Å². The average molecular weight is 396 g/mol. The molecule has 144 valence electrons. The second-order valence-corrected chi connectivity index (χ2v) is 7.52. The number of carbonyl (C=O) groups is 1. The maximum absolute atomic E-state index is 12.5. The van der Waals surface area contributed by atoms with E-state index in [9.17, 15) is 14.9 Å². The number of amides is 1. The largest absolute Gasteiger partial charge is 0.372 e. The Labute approximate surface area is 166 Å². The summed E-state index contributed by atoms with van der Waals surface area (Å²) in [4.78, 5) is 29.5. The lowest BCUT2D eigenvalue weighted by Gasteiger charge is -2.13. The summed E-state index contributed by atoms with van der Waals surface area (Å²) in [5.74, 6) is -0.435. The molecule has 0 atom stereocenters. The first kappa shape index (κ1) is 19.5. The molecule has 1 heterocycles. The number of nitro benzene ring substituents is 1. The molecule has 0 bridgehead atoms. The first-order valence-corrected chi connectivity index (χ1v) is 9.44. The van der Waals surface area contributed by atoms with Gasteiger partial charge in [-0.05, 0) is 31.5 Å². The zero-order valence-electron chi connectivity index (χ0n) is 16.0. The maximum Gasteiger partial charge on any atom is 0.293 e. The fourth-order valence-corrected chi connectivity index (χ4v) is 3.62. The van der Waals surface area contributed by atoms with Crippen LogP contribution < -0.4 is 10.2 Å². The Balaban J connectivity index is 1.83. The molecule has 28 heavy (non-hydrogen) atoms. The zero-order valence-corrected chi connectivity index (χ0v) is 16.8. The molecule has 8 heteroatoms. The molecular weight excluding hydrogens is 376 g/mol. The smallest absolute Gasteiger partial charge is 0.293 e.